The van der Waals surface area contributed by atoms with Gasteiger partial charge >= 0.3 is 0 Å². The van der Waals surface area contributed by atoms with Crippen LogP contribution in [0.5, 0.6) is 0 Å². The minimum absolute atomic E-state index is 0.221. The number of hydroxylamine groups is 1. The van der Waals surface area contributed by atoms with E-state index >= 15 is 0 Å². The monoisotopic (exact) mass is 503 g/mol. The molecule has 7 nitrogen and oxygen atoms in total. The first kappa shape index (κ1) is 19.9. The van der Waals surface area contributed by atoms with Crippen molar-refractivity contribution in [2.45, 2.75) is 6.10 Å². The van der Waals surface area contributed by atoms with Gasteiger partial charge in [-0.2, -0.15) is 4.37 Å². The molecule has 1 heterocycles. The number of aromatic nitrogens is 1. The number of aliphatic hydroxyl groups is 2. The summed E-state index contributed by atoms with van der Waals surface area (Å²) in [6.45, 7) is -0.750. The molecule has 10 heteroatoms. The van der Waals surface area contributed by atoms with Crippen molar-refractivity contribution in [3.8, 4) is 0 Å². The molecule has 0 aliphatic carbocycles. The Morgan fingerprint density at radius 1 is 1.37 bits per heavy atom. The lowest BCUT2D eigenvalue weighted by atomic mass is 10.1. The van der Waals surface area contributed by atoms with Crippen LogP contribution in [0.2, 0.25) is 0 Å². The number of anilines is 2. The van der Waals surface area contributed by atoms with Crippen LogP contribution in [-0.4, -0.2) is 39.8 Å². The Bertz CT molecular complexity index is 969. The van der Waals surface area contributed by atoms with E-state index in [2.05, 4.69) is 15.2 Å². The van der Waals surface area contributed by atoms with E-state index in [-0.39, 0.29) is 17.9 Å². The molecule has 4 N–H and O–H groups in total. The van der Waals surface area contributed by atoms with Crippen molar-refractivity contribution in [1.82, 2.24) is 9.85 Å². The van der Waals surface area contributed by atoms with Crippen molar-refractivity contribution in [3.63, 3.8) is 0 Å². The summed E-state index contributed by atoms with van der Waals surface area (Å²) >= 11 is 3.27. The van der Waals surface area contributed by atoms with E-state index in [0.717, 1.165) is 8.27 Å². The molecule has 0 saturated carbocycles. The molecule has 0 radical (unpaired) electrons. The standard InChI is InChI=1S/C17H15FIN3O4S/c18-13-5-9(19)1-3-14(13)21-16-11(2-4-15-12(16)6-20-27-15)17(25)22-26-8-10(24)7-23/h1-6,10,21,23-24H,7-8H2,(H,22,25)/t10-/m1/s1. The fourth-order valence-electron chi connectivity index (χ4n) is 2.30. The number of fused-ring (bicyclic) bond motifs is 1. The molecule has 0 bridgehead atoms. The van der Waals surface area contributed by atoms with Gasteiger partial charge < -0.3 is 15.5 Å². The minimum Gasteiger partial charge on any atom is -0.394 e. The topological polar surface area (TPSA) is 104 Å². The first-order valence-electron chi connectivity index (χ1n) is 7.80. The molecule has 0 aliphatic heterocycles. The molecule has 0 saturated heterocycles. The quantitative estimate of drug-likeness (QED) is 0.292. The van der Waals surface area contributed by atoms with Crippen LogP contribution in [0.25, 0.3) is 10.1 Å². The number of halogens is 2. The number of amides is 1. The Kier molecular flexibility index (Phi) is 6.55. The van der Waals surface area contributed by atoms with Crippen molar-refractivity contribution >= 4 is 61.5 Å². The van der Waals surface area contributed by atoms with E-state index in [1.165, 1.54) is 17.6 Å². The van der Waals surface area contributed by atoms with Crippen LogP contribution in [0.15, 0.2) is 36.5 Å². The molecule has 27 heavy (non-hydrogen) atoms. The highest BCUT2D eigenvalue weighted by atomic mass is 127. The average Bonchev–Trinajstić information content (AvgIpc) is 3.12. The minimum atomic E-state index is -1.10. The number of carbonyl (C=O) groups excluding carboxylic acids is 1. The number of benzene rings is 2. The molecule has 3 rings (SSSR count). The molecule has 0 fully saturated rings. The van der Waals surface area contributed by atoms with Crippen molar-refractivity contribution in [2.75, 3.05) is 18.5 Å². The summed E-state index contributed by atoms with van der Waals surface area (Å²) in [7, 11) is 0. The van der Waals surface area contributed by atoms with E-state index in [4.69, 9.17) is 9.94 Å². The van der Waals surface area contributed by atoms with Gasteiger partial charge in [0.1, 0.15) is 18.5 Å². The molecule has 0 spiro atoms. The average molecular weight is 503 g/mol. The van der Waals surface area contributed by atoms with Gasteiger partial charge in [-0.15, -0.1) is 0 Å². The molecular formula is C17H15FIN3O4S. The summed E-state index contributed by atoms with van der Waals surface area (Å²) in [5.74, 6) is -1.03. The summed E-state index contributed by atoms with van der Waals surface area (Å²) < 4.78 is 20.0. The van der Waals surface area contributed by atoms with Crippen LogP contribution in [0, 0.1) is 9.39 Å². The second-order valence-electron chi connectivity index (χ2n) is 5.55. The van der Waals surface area contributed by atoms with E-state index in [1.54, 1.807) is 30.5 Å². The summed E-state index contributed by atoms with van der Waals surface area (Å²) in [5.41, 5.74) is 3.05. The number of hydrogen-bond donors (Lipinski definition) is 4. The molecule has 142 valence electrons. The zero-order chi connectivity index (χ0) is 19.4. The van der Waals surface area contributed by atoms with E-state index in [0.29, 0.717) is 11.1 Å². The maximum Gasteiger partial charge on any atom is 0.276 e. The highest BCUT2D eigenvalue weighted by Gasteiger charge is 2.18. The smallest absolute Gasteiger partial charge is 0.276 e. The second kappa shape index (κ2) is 8.89. The number of nitrogens with zero attached hydrogens (tertiary/aromatic N) is 1. The first-order chi connectivity index (χ1) is 13.0. The third-order valence-corrected chi connectivity index (χ3v) is 5.06. The number of nitrogens with one attached hydrogen (secondary N) is 2. The number of hydrogen-bond acceptors (Lipinski definition) is 7. The summed E-state index contributed by atoms with van der Waals surface area (Å²) in [6.07, 6.45) is 0.493. The first-order valence-corrected chi connectivity index (χ1v) is 9.65. The predicted molar refractivity (Wildman–Crippen MR) is 109 cm³/mol. The van der Waals surface area contributed by atoms with Gasteiger partial charge in [0, 0.05) is 8.96 Å². The molecule has 1 atom stereocenters. The van der Waals surface area contributed by atoms with Crippen LogP contribution in [-0.2, 0) is 4.84 Å². The fraction of sp³-hybridized carbons (Fsp3) is 0.176. The van der Waals surface area contributed by atoms with Gasteiger partial charge in [-0.3, -0.25) is 9.63 Å². The zero-order valence-electron chi connectivity index (χ0n) is 13.8. The lowest BCUT2D eigenvalue weighted by Crippen LogP contribution is -2.30. The molecule has 0 aliphatic rings. The third-order valence-electron chi connectivity index (χ3n) is 3.63. The van der Waals surface area contributed by atoms with Gasteiger partial charge in [0.25, 0.3) is 5.91 Å². The molecular weight excluding hydrogens is 488 g/mol. The highest BCUT2D eigenvalue weighted by Crippen LogP contribution is 2.33. The van der Waals surface area contributed by atoms with Crippen molar-refractivity contribution < 1.29 is 24.2 Å². The molecule has 0 unspecified atom stereocenters. The van der Waals surface area contributed by atoms with Gasteiger partial charge in [0.2, 0.25) is 0 Å². The lowest BCUT2D eigenvalue weighted by Gasteiger charge is -2.15. The third kappa shape index (κ3) is 4.71. The Morgan fingerprint density at radius 2 is 2.19 bits per heavy atom. The van der Waals surface area contributed by atoms with E-state index in [9.17, 15) is 14.3 Å². The molecule has 1 aromatic heterocycles. The predicted octanol–water partition coefficient (Wildman–Crippen LogP) is 2.80. The Morgan fingerprint density at radius 3 is 2.93 bits per heavy atom. The van der Waals surface area contributed by atoms with Crippen molar-refractivity contribution in [3.05, 3.63) is 51.5 Å². The van der Waals surface area contributed by atoms with Crippen LogP contribution < -0.4 is 10.8 Å². The number of carbonyl (C=O) groups is 1. The SMILES string of the molecule is O=C(NOC[C@H](O)CO)c1ccc2sncc2c1Nc1ccc(I)cc1F. The molecule has 3 aromatic rings. The van der Waals surface area contributed by atoms with E-state index in [1.807, 2.05) is 22.6 Å². The van der Waals surface area contributed by atoms with Crippen molar-refractivity contribution in [1.29, 1.82) is 0 Å². The van der Waals surface area contributed by atoms with Gasteiger partial charge in [-0.1, -0.05) is 0 Å². The Labute approximate surface area is 171 Å². The normalized spacial score (nSPS) is 12.1. The summed E-state index contributed by atoms with van der Waals surface area (Å²) in [6, 6.07) is 8.03. The van der Waals surface area contributed by atoms with Crippen LogP contribution >= 0.6 is 34.1 Å². The van der Waals surface area contributed by atoms with Gasteiger partial charge in [0.15, 0.2) is 0 Å². The van der Waals surface area contributed by atoms with Gasteiger partial charge in [-0.05, 0) is 64.5 Å². The van der Waals surface area contributed by atoms with Crippen LogP contribution in [0.3, 0.4) is 0 Å². The van der Waals surface area contributed by atoms with Crippen LogP contribution in [0.4, 0.5) is 15.8 Å². The van der Waals surface area contributed by atoms with E-state index < -0.39 is 24.4 Å². The Hall–Kier alpha value is -1.86. The number of aliphatic hydroxyl groups excluding tert-OH is 2. The largest absolute Gasteiger partial charge is 0.394 e. The summed E-state index contributed by atoms with van der Waals surface area (Å²) in [5, 5.41) is 21.7. The zero-order valence-corrected chi connectivity index (χ0v) is 16.8. The lowest BCUT2D eigenvalue weighted by molar-refractivity contribution is -0.0295. The second-order valence-corrected chi connectivity index (χ2v) is 7.63. The van der Waals surface area contributed by atoms with Gasteiger partial charge in [0.05, 0.1) is 34.4 Å². The highest BCUT2D eigenvalue weighted by molar-refractivity contribution is 14.1. The van der Waals surface area contributed by atoms with Crippen LogP contribution in [0.1, 0.15) is 10.4 Å². The fourth-order valence-corrected chi connectivity index (χ4v) is 3.41. The summed E-state index contributed by atoms with van der Waals surface area (Å²) in [4.78, 5) is 17.4. The maximum atomic E-state index is 14.3. The van der Waals surface area contributed by atoms with Crippen molar-refractivity contribution in [2.24, 2.45) is 0 Å². The number of rotatable bonds is 7. The van der Waals surface area contributed by atoms with Gasteiger partial charge in [-0.25, -0.2) is 9.87 Å². The molecule has 2 aromatic carbocycles. The maximum absolute atomic E-state index is 14.3. The molecule has 1 amide bonds. The Balaban J connectivity index is 1.91.